The van der Waals surface area contributed by atoms with Gasteiger partial charge in [0.1, 0.15) is 0 Å². The minimum absolute atomic E-state index is 0.0320. The van der Waals surface area contributed by atoms with Crippen LogP contribution in [0.25, 0.3) is 10.2 Å². The summed E-state index contributed by atoms with van der Waals surface area (Å²) in [4.78, 5) is 31.1. The fraction of sp³-hybridized carbons (Fsp3) is 0.250. The molecule has 27 heavy (non-hydrogen) atoms. The van der Waals surface area contributed by atoms with Crippen LogP contribution < -0.4 is 10.2 Å². The van der Waals surface area contributed by atoms with Gasteiger partial charge in [-0.15, -0.1) is 0 Å². The lowest BCUT2D eigenvalue weighted by Gasteiger charge is -2.17. The molecule has 1 aliphatic rings. The molecule has 2 heterocycles. The zero-order chi connectivity index (χ0) is 19.0. The number of benzene rings is 2. The third-order valence-corrected chi connectivity index (χ3v) is 5.90. The summed E-state index contributed by atoms with van der Waals surface area (Å²) in [6.45, 7) is 2.47. The second kappa shape index (κ2) is 7.29. The number of hydrogen-bond acceptors (Lipinski definition) is 4. The van der Waals surface area contributed by atoms with Gasteiger partial charge in [-0.05, 0) is 42.3 Å². The van der Waals surface area contributed by atoms with Gasteiger partial charge in [-0.25, -0.2) is 4.98 Å². The summed E-state index contributed by atoms with van der Waals surface area (Å²) < 4.78 is 0.915. The van der Waals surface area contributed by atoms with Crippen LogP contribution in [0.1, 0.15) is 18.9 Å². The number of anilines is 2. The van der Waals surface area contributed by atoms with Crippen molar-refractivity contribution in [2.24, 2.45) is 5.92 Å². The first-order chi connectivity index (χ1) is 13.0. The molecule has 0 saturated carbocycles. The van der Waals surface area contributed by atoms with Crippen LogP contribution in [0.2, 0.25) is 5.02 Å². The Morgan fingerprint density at radius 3 is 2.81 bits per heavy atom. The summed E-state index contributed by atoms with van der Waals surface area (Å²) in [5, 5.41) is 4.01. The number of carbonyl (C=O) groups excluding carboxylic acids is 2. The van der Waals surface area contributed by atoms with Crippen LogP contribution in [0.4, 0.5) is 10.8 Å². The standard InChI is InChI=1S/C20H18ClN3O2S/c1-2-12-3-6-15(7-4-12)24-11-13(9-18(24)25)19(26)23-20-22-16-8-5-14(21)10-17(16)27-20/h3-8,10,13H,2,9,11H2,1H3,(H,22,23,26). The number of carbonyl (C=O) groups is 2. The lowest BCUT2D eigenvalue weighted by molar-refractivity contribution is -0.122. The molecule has 1 saturated heterocycles. The molecule has 1 aliphatic heterocycles. The van der Waals surface area contributed by atoms with Crippen molar-refractivity contribution in [3.05, 3.63) is 53.1 Å². The van der Waals surface area contributed by atoms with Crippen LogP contribution in [0.5, 0.6) is 0 Å². The zero-order valence-corrected chi connectivity index (χ0v) is 16.3. The van der Waals surface area contributed by atoms with E-state index in [0.29, 0.717) is 16.7 Å². The molecule has 2 amide bonds. The molecular formula is C20H18ClN3O2S. The molecule has 1 fully saturated rings. The van der Waals surface area contributed by atoms with Crippen molar-refractivity contribution in [3.8, 4) is 0 Å². The van der Waals surface area contributed by atoms with Gasteiger partial charge in [-0.3, -0.25) is 9.59 Å². The summed E-state index contributed by atoms with van der Waals surface area (Å²) in [7, 11) is 0. The largest absolute Gasteiger partial charge is 0.312 e. The Balaban J connectivity index is 1.46. The molecule has 1 aromatic heterocycles. The van der Waals surface area contributed by atoms with Crippen molar-refractivity contribution >= 4 is 55.8 Å². The number of aryl methyl sites for hydroxylation is 1. The summed E-state index contributed by atoms with van der Waals surface area (Å²) in [5.74, 6) is -0.601. The monoisotopic (exact) mass is 399 g/mol. The third kappa shape index (κ3) is 3.68. The van der Waals surface area contributed by atoms with Crippen LogP contribution in [-0.4, -0.2) is 23.3 Å². The van der Waals surface area contributed by atoms with E-state index < -0.39 is 0 Å². The van der Waals surface area contributed by atoms with E-state index in [-0.39, 0.29) is 24.2 Å². The zero-order valence-electron chi connectivity index (χ0n) is 14.7. The van der Waals surface area contributed by atoms with E-state index in [2.05, 4.69) is 17.2 Å². The average Bonchev–Trinajstić information content (AvgIpc) is 3.24. The minimum Gasteiger partial charge on any atom is -0.312 e. The summed E-state index contributed by atoms with van der Waals surface area (Å²) >= 11 is 7.37. The number of aromatic nitrogens is 1. The number of rotatable bonds is 4. The van der Waals surface area contributed by atoms with Crippen molar-refractivity contribution in [2.45, 2.75) is 19.8 Å². The number of nitrogens with zero attached hydrogens (tertiary/aromatic N) is 2. The maximum absolute atomic E-state index is 12.6. The highest BCUT2D eigenvalue weighted by molar-refractivity contribution is 7.22. The van der Waals surface area contributed by atoms with Crippen LogP contribution in [-0.2, 0) is 16.0 Å². The number of fused-ring (bicyclic) bond motifs is 1. The molecule has 4 rings (SSSR count). The molecule has 0 bridgehead atoms. The first-order valence-electron chi connectivity index (χ1n) is 8.79. The van der Waals surface area contributed by atoms with Gasteiger partial charge in [-0.1, -0.05) is 42.0 Å². The van der Waals surface area contributed by atoms with Gasteiger partial charge >= 0.3 is 0 Å². The first kappa shape index (κ1) is 17.9. The number of halogens is 1. The van der Waals surface area contributed by atoms with Crippen LogP contribution in [0.15, 0.2) is 42.5 Å². The Labute approximate surface area is 166 Å². The van der Waals surface area contributed by atoms with E-state index in [9.17, 15) is 9.59 Å². The topological polar surface area (TPSA) is 62.3 Å². The normalized spacial score (nSPS) is 16.9. The average molecular weight is 400 g/mol. The van der Waals surface area contributed by atoms with Crippen LogP contribution >= 0.6 is 22.9 Å². The number of amides is 2. The molecule has 3 aromatic rings. The third-order valence-electron chi connectivity index (χ3n) is 4.73. The van der Waals surface area contributed by atoms with Crippen LogP contribution in [0.3, 0.4) is 0 Å². The predicted octanol–water partition coefficient (Wildman–Crippen LogP) is 4.50. The molecule has 7 heteroatoms. The molecule has 138 valence electrons. The van der Waals surface area contributed by atoms with Crippen molar-refractivity contribution in [1.82, 2.24) is 4.98 Å². The summed E-state index contributed by atoms with van der Waals surface area (Å²) in [6.07, 6.45) is 1.16. The summed E-state index contributed by atoms with van der Waals surface area (Å²) in [5.41, 5.74) is 2.84. The highest BCUT2D eigenvalue weighted by Gasteiger charge is 2.35. The second-order valence-corrected chi connectivity index (χ2v) is 8.01. The quantitative estimate of drug-likeness (QED) is 0.702. The molecular weight excluding hydrogens is 382 g/mol. The van der Waals surface area contributed by atoms with E-state index in [1.54, 1.807) is 11.0 Å². The van der Waals surface area contributed by atoms with Crippen LogP contribution in [0, 0.1) is 5.92 Å². The second-order valence-electron chi connectivity index (χ2n) is 6.55. The highest BCUT2D eigenvalue weighted by atomic mass is 35.5. The van der Waals surface area contributed by atoms with E-state index in [4.69, 9.17) is 11.6 Å². The Morgan fingerprint density at radius 2 is 2.07 bits per heavy atom. The Morgan fingerprint density at radius 1 is 1.30 bits per heavy atom. The van der Waals surface area contributed by atoms with E-state index in [1.807, 2.05) is 36.4 Å². The maximum atomic E-state index is 12.6. The highest BCUT2D eigenvalue weighted by Crippen LogP contribution is 2.30. The predicted molar refractivity (Wildman–Crippen MR) is 110 cm³/mol. The van der Waals surface area contributed by atoms with E-state index >= 15 is 0 Å². The van der Waals surface area contributed by atoms with Gasteiger partial charge in [-0.2, -0.15) is 0 Å². The molecule has 1 atom stereocenters. The molecule has 1 N–H and O–H groups in total. The Bertz CT molecular complexity index is 1020. The maximum Gasteiger partial charge on any atom is 0.231 e. The SMILES string of the molecule is CCc1ccc(N2CC(C(=O)Nc3nc4ccc(Cl)cc4s3)CC2=O)cc1. The molecule has 1 unspecified atom stereocenters. The fourth-order valence-corrected chi connectivity index (χ4v) is 4.35. The van der Waals surface area contributed by atoms with Crippen molar-refractivity contribution in [2.75, 3.05) is 16.8 Å². The summed E-state index contributed by atoms with van der Waals surface area (Å²) in [6, 6.07) is 13.3. The molecule has 5 nitrogen and oxygen atoms in total. The smallest absolute Gasteiger partial charge is 0.231 e. The van der Waals surface area contributed by atoms with E-state index in [1.165, 1.54) is 16.9 Å². The van der Waals surface area contributed by atoms with Gasteiger partial charge in [0, 0.05) is 23.7 Å². The van der Waals surface area contributed by atoms with Crippen molar-refractivity contribution < 1.29 is 9.59 Å². The number of nitrogens with one attached hydrogen (secondary N) is 1. The van der Waals surface area contributed by atoms with Crippen molar-refractivity contribution in [1.29, 1.82) is 0 Å². The first-order valence-corrected chi connectivity index (χ1v) is 9.99. The Hall–Kier alpha value is -2.44. The van der Waals surface area contributed by atoms with Gasteiger partial charge in [0.05, 0.1) is 16.1 Å². The molecule has 0 radical (unpaired) electrons. The van der Waals surface area contributed by atoms with Gasteiger partial charge in [0.25, 0.3) is 0 Å². The molecule has 2 aromatic carbocycles. The van der Waals surface area contributed by atoms with Crippen molar-refractivity contribution in [3.63, 3.8) is 0 Å². The lowest BCUT2D eigenvalue weighted by atomic mass is 10.1. The lowest BCUT2D eigenvalue weighted by Crippen LogP contribution is -2.28. The van der Waals surface area contributed by atoms with E-state index in [0.717, 1.165) is 22.3 Å². The molecule has 0 aliphatic carbocycles. The van der Waals surface area contributed by atoms with Gasteiger partial charge < -0.3 is 10.2 Å². The fourth-order valence-electron chi connectivity index (χ4n) is 3.20. The van der Waals surface area contributed by atoms with Gasteiger partial charge in [0.2, 0.25) is 11.8 Å². The number of hydrogen-bond donors (Lipinski definition) is 1. The van der Waals surface area contributed by atoms with Gasteiger partial charge in [0.15, 0.2) is 5.13 Å². The minimum atomic E-state index is -0.390. The molecule has 0 spiro atoms. The number of thiazole rings is 1. The Kier molecular flexibility index (Phi) is 4.85.